The number of nitro benzene ring substituents is 1. The first-order valence-corrected chi connectivity index (χ1v) is 7.92. The smallest absolute Gasteiger partial charge is 0.303 e. The van der Waals surface area contributed by atoms with E-state index in [1.165, 1.54) is 24.3 Å². The molecule has 0 fully saturated rings. The Morgan fingerprint density at radius 2 is 2.04 bits per heavy atom. The van der Waals surface area contributed by atoms with E-state index in [1.807, 2.05) is 0 Å². The molecule has 2 heterocycles. The third-order valence-electron chi connectivity index (χ3n) is 3.99. The molecule has 8 nitrogen and oxygen atoms in total. The van der Waals surface area contributed by atoms with Crippen molar-refractivity contribution >= 4 is 28.5 Å². The molecule has 0 aliphatic carbocycles. The van der Waals surface area contributed by atoms with Crippen molar-refractivity contribution in [3.05, 3.63) is 70.0 Å². The number of rotatable bonds is 7. The summed E-state index contributed by atoms with van der Waals surface area (Å²) in [5.74, 6) is -1.23. The number of carbonyl (C=O) groups is 2. The Balaban J connectivity index is 1.99. The van der Waals surface area contributed by atoms with E-state index in [4.69, 9.17) is 5.11 Å². The fourth-order valence-corrected chi connectivity index (χ4v) is 2.79. The second kappa shape index (κ2) is 7.14. The van der Waals surface area contributed by atoms with Gasteiger partial charge in [-0.3, -0.25) is 19.7 Å². The number of carboxylic acid groups (broad SMARTS) is 1. The van der Waals surface area contributed by atoms with E-state index in [1.54, 1.807) is 29.1 Å². The molecule has 3 aromatic rings. The molecule has 132 valence electrons. The molecule has 0 atom stereocenters. The van der Waals surface area contributed by atoms with Gasteiger partial charge >= 0.3 is 5.97 Å². The van der Waals surface area contributed by atoms with Crippen LogP contribution in [0.1, 0.15) is 28.8 Å². The van der Waals surface area contributed by atoms with Crippen LogP contribution >= 0.6 is 0 Å². The Kier molecular flexibility index (Phi) is 4.74. The molecule has 2 aromatic heterocycles. The van der Waals surface area contributed by atoms with Crippen LogP contribution in [0.4, 0.5) is 5.69 Å². The van der Waals surface area contributed by atoms with Crippen molar-refractivity contribution in [2.24, 2.45) is 0 Å². The maximum absolute atomic E-state index is 12.9. The summed E-state index contributed by atoms with van der Waals surface area (Å²) in [6.07, 6.45) is 3.64. The minimum atomic E-state index is -0.887. The summed E-state index contributed by atoms with van der Waals surface area (Å²) in [5, 5.41) is 20.3. The highest BCUT2D eigenvalue weighted by molar-refractivity contribution is 6.16. The molecule has 8 heteroatoms. The van der Waals surface area contributed by atoms with Crippen LogP contribution in [0, 0.1) is 10.1 Å². The molecule has 0 spiro atoms. The van der Waals surface area contributed by atoms with Gasteiger partial charge < -0.3 is 9.67 Å². The van der Waals surface area contributed by atoms with Crippen LogP contribution in [-0.2, 0) is 11.3 Å². The first-order valence-electron chi connectivity index (χ1n) is 7.92. The number of hydrogen-bond acceptors (Lipinski definition) is 5. The number of aryl methyl sites for hydroxylation is 1. The molecule has 3 rings (SSSR count). The Labute approximate surface area is 147 Å². The maximum atomic E-state index is 12.9. The number of non-ortho nitro benzene ring substituents is 1. The third-order valence-corrected chi connectivity index (χ3v) is 3.99. The van der Waals surface area contributed by atoms with Crippen LogP contribution in [0.5, 0.6) is 0 Å². The quantitative estimate of drug-likeness (QED) is 0.396. The van der Waals surface area contributed by atoms with E-state index < -0.39 is 10.9 Å². The summed E-state index contributed by atoms with van der Waals surface area (Å²) in [5.41, 5.74) is 1.02. The van der Waals surface area contributed by atoms with Gasteiger partial charge in [0, 0.05) is 54.0 Å². The molecule has 0 radical (unpaired) electrons. The lowest BCUT2D eigenvalue weighted by Crippen LogP contribution is -2.03. The number of pyridine rings is 1. The van der Waals surface area contributed by atoms with E-state index in [-0.39, 0.29) is 23.5 Å². The second-order valence-electron chi connectivity index (χ2n) is 5.74. The number of nitrogens with zero attached hydrogens (tertiary/aromatic N) is 3. The molecule has 0 aliphatic rings. The highest BCUT2D eigenvalue weighted by Crippen LogP contribution is 2.24. The summed E-state index contributed by atoms with van der Waals surface area (Å²) >= 11 is 0. The SMILES string of the molecule is O=C(O)CCCn1cc(C(=O)c2cccc([N+](=O)[O-])c2)c2cccnc21. The standard InChI is InChI=1S/C18H15N3O5/c22-16(23)7-3-9-20-11-15(14-6-2-8-19-18(14)20)17(24)12-4-1-5-13(10-12)21(25)26/h1-2,4-6,8,10-11H,3,7,9H2,(H,22,23). The van der Waals surface area contributed by atoms with Gasteiger partial charge in [-0.15, -0.1) is 0 Å². The largest absolute Gasteiger partial charge is 0.481 e. The predicted molar refractivity (Wildman–Crippen MR) is 93.1 cm³/mol. The summed E-state index contributed by atoms with van der Waals surface area (Å²) in [4.78, 5) is 38.2. The topological polar surface area (TPSA) is 115 Å². The molecule has 1 N–H and O–H groups in total. The van der Waals surface area contributed by atoms with E-state index in [0.717, 1.165) is 0 Å². The highest BCUT2D eigenvalue weighted by atomic mass is 16.6. The fourth-order valence-electron chi connectivity index (χ4n) is 2.79. The van der Waals surface area contributed by atoms with Crippen LogP contribution < -0.4 is 0 Å². The molecular formula is C18H15N3O5. The monoisotopic (exact) mass is 353 g/mol. The molecule has 0 aliphatic heterocycles. The number of hydrogen-bond donors (Lipinski definition) is 1. The van der Waals surface area contributed by atoms with E-state index >= 15 is 0 Å². The van der Waals surface area contributed by atoms with Crippen LogP contribution in [0.15, 0.2) is 48.8 Å². The minimum Gasteiger partial charge on any atom is -0.481 e. The summed E-state index contributed by atoms with van der Waals surface area (Å²) in [6, 6.07) is 9.02. The Morgan fingerprint density at radius 1 is 1.23 bits per heavy atom. The van der Waals surface area contributed by atoms with Gasteiger partial charge in [0.05, 0.1) is 4.92 Å². The van der Waals surface area contributed by atoms with Crippen molar-refractivity contribution in [3.8, 4) is 0 Å². The molecule has 1 aromatic carbocycles. The zero-order valence-electron chi connectivity index (χ0n) is 13.7. The first kappa shape index (κ1) is 17.3. The highest BCUT2D eigenvalue weighted by Gasteiger charge is 2.19. The van der Waals surface area contributed by atoms with Gasteiger partial charge in [0.2, 0.25) is 0 Å². The third kappa shape index (κ3) is 3.44. The molecule has 0 saturated carbocycles. The predicted octanol–water partition coefficient (Wildman–Crippen LogP) is 3.04. The number of nitro groups is 1. The average molecular weight is 353 g/mol. The van der Waals surface area contributed by atoms with Gasteiger partial charge in [-0.2, -0.15) is 0 Å². The van der Waals surface area contributed by atoms with Gasteiger partial charge in [0.15, 0.2) is 5.78 Å². The van der Waals surface area contributed by atoms with E-state index in [2.05, 4.69) is 4.98 Å². The number of benzene rings is 1. The van der Waals surface area contributed by atoms with Crippen molar-refractivity contribution in [2.75, 3.05) is 0 Å². The molecule has 0 saturated heterocycles. The zero-order valence-corrected chi connectivity index (χ0v) is 13.7. The number of carbonyl (C=O) groups excluding carboxylic acids is 1. The molecule has 0 unspecified atom stereocenters. The van der Waals surface area contributed by atoms with Gasteiger partial charge in [0.1, 0.15) is 5.65 Å². The van der Waals surface area contributed by atoms with Crippen LogP contribution in [-0.4, -0.2) is 31.3 Å². The molecule has 0 amide bonds. The van der Waals surface area contributed by atoms with Crippen LogP contribution in [0.25, 0.3) is 11.0 Å². The number of carboxylic acids is 1. The lowest BCUT2D eigenvalue weighted by atomic mass is 10.0. The van der Waals surface area contributed by atoms with Crippen molar-refractivity contribution in [1.82, 2.24) is 9.55 Å². The van der Waals surface area contributed by atoms with Crippen LogP contribution in [0.3, 0.4) is 0 Å². The van der Waals surface area contributed by atoms with Gasteiger partial charge in [0.25, 0.3) is 5.69 Å². The number of ketones is 1. The number of fused-ring (bicyclic) bond motifs is 1. The molecule has 0 bridgehead atoms. The van der Waals surface area contributed by atoms with Crippen LogP contribution in [0.2, 0.25) is 0 Å². The molecular weight excluding hydrogens is 338 g/mol. The first-order chi connectivity index (χ1) is 12.5. The van der Waals surface area contributed by atoms with Gasteiger partial charge in [-0.25, -0.2) is 4.98 Å². The summed E-state index contributed by atoms with van der Waals surface area (Å²) < 4.78 is 1.74. The summed E-state index contributed by atoms with van der Waals surface area (Å²) in [7, 11) is 0. The van der Waals surface area contributed by atoms with Crippen molar-refractivity contribution in [2.45, 2.75) is 19.4 Å². The van der Waals surface area contributed by atoms with Crippen molar-refractivity contribution in [3.63, 3.8) is 0 Å². The zero-order chi connectivity index (χ0) is 18.7. The molecule has 26 heavy (non-hydrogen) atoms. The minimum absolute atomic E-state index is 0.0146. The lowest BCUT2D eigenvalue weighted by molar-refractivity contribution is -0.384. The van der Waals surface area contributed by atoms with Gasteiger partial charge in [-0.05, 0) is 18.6 Å². The maximum Gasteiger partial charge on any atom is 0.303 e. The normalized spacial score (nSPS) is 10.8. The Morgan fingerprint density at radius 3 is 2.77 bits per heavy atom. The second-order valence-corrected chi connectivity index (χ2v) is 5.74. The van der Waals surface area contributed by atoms with Crippen molar-refractivity contribution in [1.29, 1.82) is 0 Å². The van der Waals surface area contributed by atoms with Crippen molar-refractivity contribution < 1.29 is 19.6 Å². The lowest BCUT2D eigenvalue weighted by Gasteiger charge is -2.02. The fraction of sp³-hybridized carbons (Fsp3) is 0.167. The van der Waals surface area contributed by atoms with E-state index in [9.17, 15) is 19.7 Å². The summed E-state index contributed by atoms with van der Waals surface area (Å²) in [6.45, 7) is 0.405. The van der Waals surface area contributed by atoms with E-state index in [0.29, 0.717) is 29.6 Å². The number of aromatic nitrogens is 2. The Bertz CT molecular complexity index is 1010. The number of aliphatic carboxylic acids is 1. The Hall–Kier alpha value is -3.55. The average Bonchev–Trinajstić information content (AvgIpc) is 3.00. The van der Waals surface area contributed by atoms with Gasteiger partial charge in [-0.1, -0.05) is 12.1 Å².